The second-order valence-corrected chi connectivity index (χ2v) is 9.56. The molecule has 0 spiro atoms. The average molecular weight is 601 g/mol. The van der Waals surface area contributed by atoms with E-state index in [4.69, 9.17) is 0 Å². The molecule has 0 fully saturated rings. The van der Waals surface area contributed by atoms with Crippen molar-refractivity contribution in [3.8, 4) is 11.5 Å². The first-order chi connectivity index (χ1) is 15.7. The molecule has 2 rings (SSSR count). The monoisotopic (exact) mass is 599 g/mol. The van der Waals surface area contributed by atoms with Crippen LogP contribution in [0, 0.1) is 0 Å². The summed E-state index contributed by atoms with van der Waals surface area (Å²) in [6.07, 6.45) is 10.7. The maximum Gasteiger partial charge on any atom is 0.339 e. The first-order valence-electron chi connectivity index (χ1n) is 10.9. The van der Waals surface area contributed by atoms with Crippen LogP contribution < -0.4 is 6.15 Å². The van der Waals surface area contributed by atoms with Crippen LogP contribution in [0.2, 0.25) is 0 Å². The van der Waals surface area contributed by atoms with E-state index in [0.29, 0.717) is 23.1 Å². The standard InChI is InChI=1S/C25H28Br2O6.H3N/c1-2-3-4-5-6-7-8-9-10-17(15-11-18(24(30)31)22(28)20(26)13-15)16-12-19(25(32)33)23(29)21(27)14-16;/h10-14,28-29H,2-9H2,1H3,(H,30,31)(H,32,33);1H3. The van der Waals surface area contributed by atoms with Crippen molar-refractivity contribution in [1.82, 2.24) is 6.15 Å². The smallest absolute Gasteiger partial charge is 0.339 e. The van der Waals surface area contributed by atoms with Crippen LogP contribution in [0.4, 0.5) is 0 Å². The van der Waals surface area contributed by atoms with E-state index < -0.39 is 11.9 Å². The molecule has 0 aliphatic rings. The predicted octanol–water partition coefficient (Wildman–Crippen LogP) is 7.75. The molecular weight excluding hydrogens is 570 g/mol. The molecule has 7 N–H and O–H groups in total. The molecule has 186 valence electrons. The summed E-state index contributed by atoms with van der Waals surface area (Å²) in [4.78, 5) is 23.2. The third-order valence-corrected chi connectivity index (χ3v) is 6.57. The van der Waals surface area contributed by atoms with E-state index in [2.05, 4.69) is 38.8 Å². The van der Waals surface area contributed by atoms with E-state index in [0.717, 1.165) is 19.3 Å². The topological polar surface area (TPSA) is 150 Å². The van der Waals surface area contributed by atoms with Crippen LogP contribution in [0.25, 0.3) is 5.57 Å². The fourth-order valence-electron chi connectivity index (χ4n) is 3.59. The molecule has 9 heteroatoms. The molecule has 2 aromatic carbocycles. The largest absolute Gasteiger partial charge is 0.506 e. The quantitative estimate of drug-likeness (QED) is 0.156. The highest BCUT2D eigenvalue weighted by atomic mass is 79.9. The fraction of sp³-hybridized carbons (Fsp3) is 0.360. The Hall–Kier alpha value is -2.36. The molecule has 2 aromatic rings. The van der Waals surface area contributed by atoms with Crippen LogP contribution in [0.3, 0.4) is 0 Å². The van der Waals surface area contributed by atoms with Crippen molar-refractivity contribution in [2.45, 2.75) is 58.3 Å². The first kappa shape index (κ1) is 29.7. The van der Waals surface area contributed by atoms with Crippen molar-refractivity contribution >= 4 is 49.4 Å². The van der Waals surface area contributed by atoms with Crippen LogP contribution in [0.15, 0.2) is 39.3 Å². The minimum absolute atomic E-state index is 0. The Bertz CT molecular complexity index is 981. The number of hydrogen-bond acceptors (Lipinski definition) is 5. The van der Waals surface area contributed by atoms with Gasteiger partial charge < -0.3 is 26.6 Å². The number of aromatic hydroxyl groups is 2. The zero-order valence-corrected chi connectivity index (χ0v) is 22.3. The second kappa shape index (κ2) is 14.1. The molecule has 0 unspecified atom stereocenters. The van der Waals surface area contributed by atoms with E-state index >= 15 is 0 Å². The number of carbonyl (C=O) groups is 2. The Morgan fingerprint density at radius 2 is 1.18 bits per heavy atom. The maximum absolute atomic E-state index is 11.6. The highest BCUT2D eigenvalue weighted by Gasteiger charge is 2.20. The van der Waals surface area contributed by atoms with E-state index in [9.17, 15) is 30.0 Å². The van der Waals surface area contributed by atoms with Crippen LogP contribution in [-0.2, 0) is 0 Å². The zero-order chi connectivity index (χ0) is 24.5. The van der Waals surface area contributed by atoms with Gasteiger partial charge in [-0.15, -0.1) is 0 Å². The second-order valence-electron chi connectivity index (χ2n) is 7.85. The van der Waals surface area contributed by atoms with Crippen LogP contribution in [0.5, 0.6) is 11.5 Å². The van der Waals surface area contributed by atoms with Gasteiger partial charge in [0.05, 0.1) is 8.95 Å². The van der Waals surface area contributed by atoms with Gasteiger partial charge >= 0.3 is 11.9 Å². The summed E-state index contributed by atoms with van der Waals surface area (Å²) in [7, 11) is 0. The summed E-state index contributed by atoms with van der Waals surface area (Å²) in [5.74, 6) is -3.31. The normalized spacial score (nSPS) is 10.4. The minimum Gasteiger partial charge on any atom is -0.506 e. The summed E-state index contributed by atoms with van der Waals surface area (Å²) in [6, 6.07) is 5.92. The highest BCUT2D eigenvalue weighted by molar-refractivity contribution is 9.10. The average Bonchev–Trinajstić information content (AvgIpc) is 2.76. The van der Waals surface area contributed by atoms with Crippen LogP contribution >= 0.6 is 31.9 Å². The molecule has 0 saturated carbocycles. The van der Waals surface area contributed by atoms with Gasteiger partial charge in [-0.25, -0.2) is 9.59 Å². The third kappa shape index (κ3) is 7.85. The minimum atomic E-state index is -1.28. The van der Waals surface area contributed by atoms with Gasteiger partial charge in [0, 0.05) is 0 Å². The number of halogens is 2. The molecule has 0 saturated heterocycles. The van der Waals surface area contributed by atoms with Gasteiger partial charge in [0.1, 0.15) is 22.6 Å². The number of benzene rings is 2. The van der Waals surface area contributed by atoms with Crippen molar-refractivity contribution in [2.75, 3.05) is 0 Å². The van der Waals surface area contributed by atoms with Crippen LogP contribution in [0.1, 0.15) is 90.1 Å². The van der Waals surface area contributed by atoms with E-state index in [1.807, 2.05) is 6.08 Å². The number of allylic oxidation sites excluding steroid dienone is 1. The van der Waals surface area contributed by atoms with E-state index in [1.54, 1.807) is 12.1 Å². The summed E-state index contributed by atoms with van der Waals surface area (Å²) < 4.78 is 0.436. The number of hydrogen-bond donors (Lipinski definition) is 5. The van der Waals surface area contributed by atoms with Gasteiger partial charge in [-0.3, -0.25) is 0 Å². The Labute approximate surface area is 216 Å². The molecule has 0 heterocycles. The molecule has 0 aliphatic carbocycles. The van der Waals surface area contributed by atoms with Gasteiger partial charge in [0.25, 0.3) is 0 Å². The zero-order valence-electron chi connectivity index (χ0n) is 19.1. The molecule has 0 aromatic heterocycles. The van der Waals surface area contributed by atoms with Gasteiger partial charge in [-0.1, -0.05) is 51.5 Å². The van der Waals surface area contributed by atoms with E-state index in [1.165, 1.54) is 37.8 Å². The Morgan fingerprint density at radius 1 is 0.765 bits per heavy atom. The van der Waals surface area contributed by atoms with Crippen molar-refractivity contribution in [3.05, 3.63) is 61.5 Å². The number of carboxylic acids is 2. The summed E-state index contributed by atoms with van der Waals surface area (Å²) in [5.41, 5.74) is 1.10. The molecule has 0 radical (unpaired) electrons. The lowest BCUT2D eigenvalue weighted by atomic mass is 9.93. The van der Waals surface area contributed by atoms with Crippen molar-refractivity contribution < 1.29 is 30.0 Å². The molecular formula is C25H31Br2NO6. The van der Waals surface area contributed by atoms with Gasteiger partial charge in [-0.05, 0) is 85.7 Å². The number of rotatable bonds is 12. The molecule has 0 aliphatic heterocycles. The highest BCUT2D eigenvalue weighted by Crippen LogP contribution is 2.38. The predicted molar refractivity (Wildman–Crippen MR) is 140 cm³/mol. The van der Waals surface area contributed by atoms with Crippen LogP contribution in [-0.4, -0.2) is 32.4 Å². The number of aromatic carboxylic acids is 2. The summed E-state index contributed by atoms with van der Waals surface area (Å²) >= 11 is 6.42. The summed E-state index contributed by atoms with van der Waals surface area (Å²) in [6.45, 7) is 2.18. The van der Waals surface area contributed by atoms with Crippen molar-refractivity contribution in [1.29, 1.82) is 0 Å². The maximum atomic E-state index is 11.6. The lowest BCUT2D eigenvalue weighted by Gasteiger charge is -2.14. The number of unbranched alkanes of at least 4 members (excludes halogenated alkanes) is 7. The molecule has 0 atom stereocenters. The van der Waals surface area contributed by atoms with Crippen molar-refractivity contribution in [2.24, 2.45) is 0 Å². The SMILES string of the molecule is CCCCCCCCCC=C(c1cc(Br)c(O)c(C(=O)O)c1)c1cc(Br)c(O)c(C(=O)O)c1.N. The number of carboxylic acid groups (broad SMARTS) is 2. The molecule has 0 amide bonds. The Kier molecular flexibility index (Phi) is 12.3. The molecule has 34 heavy (non-hydrogen) atoms. The van der Waals surface area contributed by atoms with Gasteiger partial charge in [0.2, 0.25) is 0 Å². The van der Waals surface area contributed by atoms with Crippen molar-refractivity contribution in [3.63, 3.8) is 0 Å². The lowest BCUT2D eigenvalue weighted by molar-refractivity contribution is 0.0682. The third-order valence-electron chi connectivity index (χ3n) is 5.37. The van der Waals surface area contributed by atoms with E-state index in [-0.39, 0.29) is 37.7 Å². The molecule has 7 nitrogen and oxygen atoms in total. The summed E-state index contributed by atoms with van der Waals surface area (Å²) in [5, 5.41) is 39.2. The molecule has 0 bridgehead atoms. The lowest BCUT2D eigenvalue weighted by Crippen LogP contribution is -2.02. The first-order valence-corrected chi connectivity index (χ1v) is 12.5. The fourth-order valence-corrected chi connectivity index (χ4v) is 4.51. The Morgan fingerprint density at radius 3 is 1.59 bits per heavy atom. The Balaban J connectivity index is 0.00000578. The van der Waals surface area contributed by atoms with Gasteiger partial charge in [0.15, 0.2) is 0 Å². The number of phenols is 2. The van der Waals surface area contributed by atoms with Gasteiger partial charge in [-0.2, -0.15) is 0 Å².